The third-order valence-electron chi connectivity index (χ3n) is 9.64. The molecule has 0 saturated carbocycles. The predicted molar refractivity (Wildman–Crippen MR) is 180 cm³/mol. The van der Waals surface area contributed by atoms with Crippen molar-refractivity contribution in [2.24, 2.45) is 27.9 Å². The van der Waals surface area contributed by atoms with Crippen LogP contribution >= 0.6 is 0 Å². The largest absolute Gasteiger partial charge is 0.381 e. The van der Waals surface area contributed by atoms with Crippen LogP contribution < -0.4 is 15.6 Å². The number of nitrogens with one attached hydrogen (secondary N) is 1. The van der Waals surface area contributed by atoms with Crippen molar-refractivity contribution in [1.82, 2.24) is 10.3 Å². The van der Waals surface area contributed by atoms with Gasteiger partial charge in [-0.2, -0.15) is 0 Å². The van der Waals surface area contributed by atoms with Crippen molar-refractivity contribution in [3.63, 3.8) is 0 Å². The van der Waals surface area contributed by atoms with Crippen LogP contribution in [0, 0.1) is 22.2 Å². The number of ether oxygens (including phenoxy) is 2. The molecule has 0 amide bonds. The van der Waals surface area contributed by atoms with E-state index in [1.807, 2.05) is 25.5 Å². The SMILES string of the molecule is CCC(C)(COCCCc1ccc[n+](CC(C)(CC)CC(C)(CC)COCCCc2cccnc2)c1)CC(CN)CNC. The van der Waals surface area contributed by atoms with Gasteiger partial charge < -0.3 is 20.5 Å². The molecule has 2 rings (SSSR count). The lowest BCUT2D eigenvalue weighted by Crippen LogP contribution is -2.44. The molecule has 0 aliphatic rings. The summed E-state index contributed by atoms with van der Waals surface area (Å²) in [5.41, 5.74) is 9.23. The van der Waals surface area contributed by atoms with Crippen molar-refractivity contribution < 1.29 is 14.0 Å². The smallest absolute Gasteiger partial charge is 0.171 e. The van der Waals surface area contributed by atoms with Gasteiger partial charge in [0.1, 0.15) is 0 Å². The Morgan fingerprint density at radius 2 is 1.51 bits per heavy atom. The second kappa shape index (κ2) is 19.5. The van der Waals surface area contributed by atoms with Gasteiger partial charge in [-0.05, 0) is 112 Å². The topological polar surface area (TPSA) is 73.3 Å². The predicted octanol–water partition coefficient (Wildman–Crippen LogP) is 6.79. The Hall–Kier alpha value is -1.86. The van der Waals surface area contributed by atoms with E-state index in [2.05, 4.69) is 87.0 Å². The first-order chi connectivity index (χ1) is 20.6. The van der Waals surface area contributed by atoms with Gasteiger partial charge in [-0.15, -0.1) is 0 Å². The van der Waals surface area contributed by atoms with Gasteiger partial charge in [0.2, 0.25) is 0 Å². The standard InChI is InChI=1S/C37H65N4O2/c1-8-35(4,23-34(24-38)25-39-7)30-42-22-14-18-33-16-12-20-41(27-33)29-36(5,9-2)28-37(6,10-3)31-43-21-13-17-32-15-11-19-40-26-32/h11-12,15-16,19-20,26-27,34,39H,8-10,13-14,17-18,21-25,28-31,38H2,1-7H3/q+1. The van der Waals surface area contributed by atoms with Gasteiger partial charge in [0.15, 0.2) is 18.9 Å². The Morgan fingerprint density at radius 1 is 0.884 bits per heavy atom. The first-order valence-electron chi connectivity index (χ1n) is 17.0. The number of hydrogen-bond acceptors (Lipinski definition) is 5. The van der Waals surface area contributed by atoms with Crippen LogP contribution in [-0.2, 0) is 28.9 Å². The normalized spacial score (nSPS) is 16.7. The first-order valence-corrected chi connectivity index (χ1v) is 17.0. The van der Waals surface area contributed by atoms with Crippen LogP contribution in [0.25, 0.3) is 0 Å². The molecule has 0 spiro atoms. The monoisotopic (exact) mass is 598 g/mol. The summed E-state index contributed by atoms with van der Waals surface area (Å²) in [6, 6.07) is 8.62. The van der Waals surface area contributed by atoms with E-state index in [-0.39, 0.29) is 16.2 Å². The summed E-state index contributed by atoms with van der Waals surface area (Å²) >= 11 is 0. The van der Waals surface area contributed by atoms with Crippen molar-refractivity contribution in [2.45, 2.75) is 106 Å². The Labute approximate surface area is 264 Å². The van der Waals surface area contributed by atoms with Gasteiger partial charge in [0.25, 0.3) is 0 Å². The molecule has 2 aromatic heterocycles. The lowest BCUT2D eigenvalue weighted by atomic mass is 9.70. The third kappa shape index (κ3) is 14.2. The highest BCUT2D eigenvalue weighted by molar-refractivity contribution is 5.08. The molecule has 6 nitrogen and oxygen atoms in total. The summed E-state index contributed by atoms with van der Waals surface area (Å²) in [4.78, 5) is 4.22. The lowest BCUT2D eigenvalue weighted by molar-refractivity contribution is -0.710. The van der Waals surface area contributed by atoms with E-state index in [0.29, 0.717) is 5.92 Å². The van der Waals surface area contributed by atoms with Crippen molar-refractivity contribution in [2.75, 3.05) is 46.6 Å². The molecular formula is C37H65N4O2+. The second-order valence-corrected chi connectivity index (χ2v) is 14.1. The third-order valence-corrected chi connectivity index (χ3v) is 9.64. The van der Waals surface area contributed by atoms with Crippen LogP contribution in [0.5, 0.6) is 0 Å². The Kier molecular flexibility index (Phi) is 16.9. The molecule has 6 heteroatoms. The zero-order valence-electron chi connectivity index (χ0n) is 28.8. The van der Waals surface area contributed by atoms with Crippen molar-refractivity contribution in [3.05, 3.63) is 60.2 Å². The molecule has 0 aliphatic heterocycles. The Bertz CT molecular complexity index is 1010. The van der Waals surface area contributed by atoms with Gasteiger partial charge in [0, 0.05) is 42.7 Å². The minimum atomic E-state index is 0.165. The van der Waals surface area contributed by atoms with Crippen LogP contribution in [0.3, 0.4) is 0 Å². The fourth-order valence-corrected chi connectivity index (χ4v) is 6.33. The number of pyridine rings is 2. The molecule has 0 aromatic carbocycles. The number of nitrogens with two attached hydrogens (primary N) is 1. The van der Waals surface area contributed by atoms with Crippen LogP contribution in [0.2, 0.25) is 0 Å². The maximum Gasteiger partial charge on any atom is 0.171 e. The second-order valence-electron chi connectivity index (χ2n) is 14.1. The molecule has 0 bridgehead atoms. The van der Waals surface area contributed by atoms with E-state index in [1.165, 1.54) is 11.1 Å². The maximum absolute atomic E-state index is 6.25. The highest BCUT2D eigenvalue weighted by Gasteiger charge is 2.36. The fraction of sp³-hybridized carbons (Fsp3) is 0.730. The zero-order valence-corrected chi connectivity index (χ0v) is 28.8. The van der Waals surface area contributed by atoms with Gasteiger partial charge in [-0.3, -0.25) is 4.98 Å². The average molecular weight is 598 g/mol. The number of nitrogens with zero attached hydrogens (tertiary/aromatic N) is 2. The van der Waals surface area contributed by atoms with E-state index in [0.717, 1.165) is 104 Å². The van der Waals surface area contributed by atoms with E-state index in [1.54, 1.807) is 0 Å². The molecule has 2 heterocycles. The molecule has 4 unspecified atom stereocenters. The molecule has 244 valence electrons. The molecule has 0 fully saturated rings. The van der Waals surface area contributed by atoms with Crippen LogP contribution in [0.15, 0.2) is 49.1 Å². The summed E-state index contributed by atoms with van der Waals surface area (Å²) in [5.74, 6) is 0.498. The summed E-state index contributed by atoms with van der Waals surface area (Å²) in [5, 5.41) is 3.28. The quantitative estimate of drug-likeness (QED) is 0.103. The summed E-state index contributed by atoms with van der Waals surface area (Å²) in [6.45, 7) is 20.1. The molecule has 0 aliphatic carbocycles. The summed E-state index contributed by atoms with van der Waals surface area (Å²) < 4.78 is 14.9. The van der Waals surface area contributed by atoms with E-state index < -0.39 is 0 Å². The van der Waals surface area contributed by atoms with Crippen LogP contribution in [0.4, 0.5) is 0 Å². The van der Waals surface area contributed by atoms with Crippen molar-refractivity contribution >= 4 is 0 Å². The highest BCUT2D eigenvalue weighted by atomic mass is 16.5. The van der Waals surface area contributed by atoms with Crippen LogP contribution in [0.1, 0.15) is 97.6 Å². The van der Waals surface area contributed by atoms with E-state index in [4.69, 9.17) is 15.2 Å². The van der Waals surface area contributed by atoms with E-state index >= 15 is 0 Å². The number of aryl methyl sites for hydroxylation is 2. The van der Waals surface area contributed by atoms with Gasteiger partial charge in [-0.1, -0.05) is 47.6 Å². The highest BCUT2D eigenvalue weighted by Crippen LogP contribution is 2.39. The number of hydrogen-bond donors (Lipinski definition) is 2. The Balaban J connectivity index is 1.82. The molecule has 43 heavy (non-hydrogen) atoms. The molecular weight excluding hydrogens is 532 g/mol. The summed E-state index contributed by atoms with van der Waals surface area (Å²) in [6.07, 6.45) is 18.1. The van der Waals surface area contributed by atoms with Gasteiger partial charge >= 0.3 is 0 Å². The average Bonchev–Trinajstić information content (AvgIpc) is 3.01. The van der Waals surface area contributed by atoms with Crippen LogP contribution in [-0.4, -0.2) is 51.5 Å². The molecule has 2 aromatic rings. The number of rotatable bonds is 24. The first kappa shape index (κ1) is 37.3. The molecule has 4 atom stereocenters. The number of aromatic nitrogens is 2. The van der Waals surface area contributed by atoms with Gasteiger partial charge in [-0.25, -0.2) is 4.57 Å². The molecule has 0 radical (unpaired) electrons. The van der Waals surface area contributed by atoms with Gasteiger partial charge in [0.05, 0.1) is 13.2 Å². The Morgan fingerprint density at radius 3 is 2.09 bits per heavy atom. The maximum atomic E-state index is 6.25. The van der Waals surface area contributed by atoms with E-state index in [9.17, 15) is 0 Å². The minimum absolute atomic E-state index is 0.165. The van der Waals surface area contributed by atoms with Crippen molar-refractivity contribution in [1.29, 1.82) is 0 Å². The fourth-order valence-electron chi connectivity index (χ4n) is 6.33. The van der Waals surface area contributed by atoms with Crippen molar-refractivity contribution in [3.8, 4) is 0 Å². The lowest BCUT2D eigenvalue weighted by Gasteiger charge is -2.37. The zero-order chi connectivity index (χ0) is 31.6. The molecule has 3 N–H and O–H groups in total. The molecule has 0 saturated heterocycles. The minimum Gasteiger partial charge on any atom is -0.381 e. The summed E-state index contributed by atoms with van der Waals surface area (Å²) in [7, 11) is 2.00.